The van der Waals surface area contributed by atoms with Gasteiger partial charge in [-0.15, -0.1) is 0 Å². The Morgan fingerprint density at radius 1 is 1.78 bits per heavy atom. The van der Waals surface area contributed by atoms with Crippen LogP contribution in [-0.4, -0.2) is 22.5 Å². The van der Waals surface area contributed by atoms with Gasteiger partial charge in [-0.2, -0.15) is 12.6 Å². The van der Waals surface area contributed by atoms with Crippen molar-refractivity contribution in [1.29, 1.82) is 0 Å². The standard InChI is InChI=1S/C5H11NO2S/c1-5(2,9)6-3-4(7)8/h6,9H,3H2,1-2H3,(H,7,8). The molecule has 0 saturated heterocycles. The number of hydrogen-bond donors (Lipinski definition) is 3. The molecule has 0 aromatic rings. The number of carboxylic acids is 1. The van der Waals surface area contributed by atoms with Crippen molar-refractivity contribution >= 4 is 18.6 Å². The molecule has 0 aromatic carbocycles. The van der Waals surface area contributed by atoms with Gasteiger partial charge in [0.1, 0.15) is 0 Å². The molecule has 9 heavy (non-hydrogen) atoms. The molecule has 0 heterocycles. The molecule has 0 atom stereocenters. The quantitative estimate of drug-likeness (QED) is 0.400. The van der Waals surface area contributed by atoms with Crippen LogP contribution in [0.25, 0.3) is 0 Å². The van der Waals surface area contributed by atoms with Crippen molar-refractivity contribution in [2.75, 3.05) is 6.54 Å². The average molecular weight is 149 g/mol. The van der Waals surface area contributed by atoms with E-state index in [0.717, 1.165) is 0 Å². The minimum atomic E-state index is -0.864. The smallest absolute Gasteiger partial charge is 0.317 e. The second-order valence-electron chi connectivity index (χ2n) is 2.31. The lowest BCUT2D eigenvalue weighted by atomic mass is 10.4. The summed E-state index contributed by atoms with van der Waals surface area (Å²) >= 11 is 4.05. The first kappa shape index (κ1) is 8.78. The second-order valence-corrected chi connectivity index (χ2v) is 3.42. The second kappa shape index (κ2) is 3.08. The van der Waals surface area contributed by atoms with Crippen molar-refractivity contribution in [3.05, 3.63) is 0 Å². The van der Waals surface area contributed by atoms with E-state index >= 15 is 0 Å². The molecule has 0 fully saturated rings. The molecule has 0 spiro atoms. The monoisotopic (exact) mass is 149 g/mol. The molecule has 0 bridgehead atoms. The summed E-state index contributed by atoms with van der Waals surface area (Å²) in [4.78, 5) is 9.55. The molecule has 0 aliphatic rings. The number of thiol groups is 1. The molecule has 0 aliphatic carbocycles. The van der Waals surface area contributed by atoms with Crippen LogP contribution in [0.1, 0.15) is 13.8 Å². The molecule has 0 amide bonds. The lowest BCUT2D eigenvalue weighted by molar-refractivity contribution is -0.136. The Balaban J connectivity index is 3.39. The number of hydrogen-bond acceptors (Lipinski definition) is 3. The first-order chi connectivity index (χ1) is 3.92. The van der Waals surface area contributed by atoms with Gasteiger partial charge in [-0.1, -0.05) is 0 Å². The van der Waals surface area contributed by atoms with E-state index < -0.39 is 10.8 Å². The van der Waals surface area contributed by atoms with Crippen LogP contribution >= 0.6 is 12.6 Å². The largest absolute Gasteiger partial charge is 0.480 e. The van der Waals surface area contributed by atoms with Crippen molar-refractivity contribution in [1.82, 2.24) is 5.32 Å². The maximum Gasteiger partial charge on any atom is 0.317 e. The zero-order valence-corrected chi connectivity index (χ0v) is 6.40. The van der Waals surface area contributed by atoms with Gasteiger partial charge in [0.15, 0.2) is 0 Å². The topological polar surface area (TPSA) is 49.3 Å². The maximum atomic E-state index is 9.95. The van der Waals surface area contributed by atoms with Crippen LogP contribution in [-0.2, 0) is 4.79 Å². The third kappa shape index (κ3) is 7.78. The third-order valence-electron chi connectivity index (χ3n) is 0.672. The maximum absolute atomic E-state index is 9.95. The van der Waals surface area contributed by atoms with Gasteiger partial charge in [-0.05, 0) is 13.8 Å². The summed E-state index contributed by atoms with van der Waals surface area (Å²) in [6.45, 7) is 3.54. The minimum absolute atomic E-state index is 0.0451. The van der Waals surface area contributed by atoms with E-state index in [0.29, 0.717) is 0 Å². The van der Waals surface area contributed by atoms with Gasteiger partial charge >= 0.3 is 5.97 Å². The molecule has 0 aromatic heterocycles. The van der Waals surface area contributed by atoms with Crippen LogP contribution in [0.5, 0.6) is 0 Å². The molecular weight excluding hydrogens is 138 g/mol. The molecule has 0 aliphatic heterocycles. The van der Waals surface area contributed by atoms with E-state index in [9.17, 15) is 4.79 Å². The van der Waals surface area contributed by atoms with Crippen molar-refractivity contribution in [3.63, 3.8) is 0 Å². The summed E-state index contributed by atoms with van der Waals surface area (Å²) in [5.41, 5.74) is 0. The molecule has 3 nitrogen and oxygen atoms in total. The van der Waals surface area contributed by atoms with Gasteiger partial charge in [-0.3, -0.25) is 10.1 Å². The summed E-state index contributed by atoms with van der Waals surface area (Å²) in [6.07, 6.45) is 0. The average Bonchev–Trinajstić information content (AvgIpc) is 1.59. The first-order valence-corrected chi connectivity index (χ1v) is 3.06. The Labute approximate surface area is 59.9 Å². The van der Waals surface area contributed by atoms with E-state index in [1.807, 2.05) is 0 Å². The summed E-state index contributed by atoms with van der Waals surface area (Å²) in [5, 5.41) is 10.9. The molecule has 54 valence electrons. The zero-order valence-electron chi connectivity index (χ0n) is 5.51. The molecular formula is C5H11NO2S. The first-order valence-electron chi connectivity index (χ1n) is 2.61. The predicted octanol–water partition coefficient (Wildman–Crippen LogP) is 0.326. The van der Waals surface area contributed by atoms with E-state index in [1.165, 1.54) is 0 Å². The summed E-state index contributed by atoms with van der Waals surface area (Å²) in [7, 11) is 0. The summed E-state index contributed by atoms with van der Waals surface area (Å²) in [6, 6.07) is 0. The van der Waals surface area contributed by atoms with Crippen LogP contribution < -0.4 is 5.32 Å². The molecule has 4 heteroatoms. The van der Waals surface area contributed by atoms with Crippen LogP contribution in [0.4, 0.5) is 0 Å². The van der Waals surface area contributed by atoms with Crippen molar-refractivity contribution < 1.29 is 9.90 Å². The number of carbonyl (C=O) groups is 1. The Hall–Kier alpha value is -0.220. The van der Waals surface area contributed by atoms with Gasteiger partial charge in [0.25, 0.3) is 0 Å². The summed E-state index contributed by atoms with van der Waals surface area (Å²) in [5.74, 6) is -0.864. The zero-order chi connectivity index (χ0) is 7.49. The van der Waals surface area contributed by atoms with Gasteiger partial charge in [0, 0.05) is 0 Å². The number of carboxylic acid groups (broad SMARTS) is 1. The fourth-order valence-electron chi connectivity index (χ4n) is 0.292. The highest BCUT2D eigenvalue weighted by atomic mass is 32.1. The fraction of sp³-hybridized carbons (Fsp3) is 0.800. The summed E-state index contributed by atoms with van der Waals surface area (Å²) < 4.78 is 0. The lowest BCUT2D eigenvalue weighted by Crippen LogP contribution is -2.37. The molecule has 2 N–H and O–H groups in total. The van der Waals surface area contributed by atoms with Gasteiger partial charge in [-0.25, -0.2) is 0 Å². The number of rotatable bonds is 3. The van der Waals surface area contributed by atoms with Crippen LogP contribution in [0.2, 0.25) is 0 Å². The van der Waals surface area contributed by atoms with Crippen molar-refractivity contribution in [3.8, 4) is 0 Å². The molecule has 0 rings (SSSR count). The highest BCUT2D eigenvalue weighted by molar-refractivity contribution is 7.81. The van der Waals surface area contributed by atoms with E-state index in [-0.39, 0.29) is 6.54 Å². The van der Waals surface area contributed by atoms with Crippen LogP contribution in [0.3, 0.4) is 0 Å². The van der Waals surface area contributed by atoms with E-state index in [2.05, 4.69) is 17.9 Å². The Bertz CT molecular complexity index is 108. The van der Waals surface area contributed by atoms with E-state index in [4.69, 9.17) is 5.11 Å². The Kier molecular flexibility index (Phi) is 3.00. The number of aliphatic carboxylic acids is 1. The Morgan fingerprint density at radius 3 is 2.33 bits per heavy atom. The fourth-order valence-corrected chi connectivity index (χ4v) is 0.371. The van der Waals surface area contributed by atoms with Crippen molar-refractivity contribution in [2.45, 2.75) is 18.7 Å². The Morgan fingerprint density at radius 2 is 2.22 bits per heavy atom. The van der Waals surface area contributed by atoms with Gasteiger partial charge < -0.3 is 5.11 Å². The van der Waals surface area contributed by atoms with Crippen LogP contribution in [0.15, 0.2) is 0 Å². The molecule has 0 unspecified atom stereocenters. The van der Waals surface area contributed by atoms with Crippen molar-refractivity contribution in [2.24, 2.45) is 0 Å². The minimum Gasteiger partial charge on any atom is -0.480 e. The normalized spacial score (nSPS) is 11.4. The lowest BCUT2D eigenvalue weighted by Gasteiger charge is -2.17. The van der Waals surface area contributed by atoms with Crippen LogP contribution in [0, 0.1) is 0 Å². The van der Waals surface area contributed by atoms with E-state index in [1.54, 1.807) is 13.8 Å². The predicted molar refractivity (Wildman–Crippen MR) is 38.7 cm³/mol. The third-order valence-corrected chi connectivity index (χ3v) is 0.830. The molecule has 0 radical (unpaired) electrons. The number of nitrogens with one attached hydrogen (secondary N) is 1. The highest BCUT2D eigenvalue weighted by Gasteiger charge is 2.10. The highest BCUT2D eigenvalue weighted by Crippen LogP contribution is 2.04. The van der Waals surface area contributed by atoms with Gasteiger partial charge in [0.05, 0.1) is 11.4 Å². The van der Waals surface area contributed by atoms with Gasteiger partial charge in [0.2, 0.25) is 0 Å². The molecule has 0 saturated carbocycles. The SMILES string of the molecule is CC(C)(S)NCC(=O)O.